The van der Waals surface area contributed by atoms with Crippen LogP contribution in [0.1, 0.15) is 23.9 Å². The van der Waals surface area contributed by atoms with E-state index in [0.29, 0.717) is 11.0 Å². The number of nitrogens with one attached hydrogen (secondary N) is 1. The molecule has 2 aromatic rings. The zero-order valence-electron chi connectivity index (χ0n) is 11.3. The third-order valence-electron chi connectivity index (χ3n) is 3.01. The molecule has 1 aromatic carbocycles. The number of nitrogens with zero attached hydrogens (tertiary/aromatic N) is 2. The lowest BCUT2D eigenvalue weighted by Gasteiger charge is -2.11. The molecule has 0 fully saturated rings. The fraction of sp³-hybridized carbons (Fsp3) is 0.357. The van der Waals surface area contributed by atoms with E-state index in [0.717, 1.165) is 29.2 Å². The summed E-state index contributed by atoms with van der Waals surface area (Å²) in [6.07, 6.45) is 0. The molecule has 0 aliphatic rings. The van der Waals surface area contributed by atoms with Crippen molar-refractivity contribution in [2.75, 3.05) is 5.32 Å². The summed E-state index contributed by atoms with van der Waals surface area (Å²) in [5, 5.41) is 7.65. The summed E-state index contributed by atoms with van der Waals surface area (Å²) in [7, 11) is 0. The van der Waals surface area contributed by atoms with Crippen molar-refractivity contribution in [3.8, 4) is 0 Å². The minimum absolute atomic E-state index is 0.256. The van der Waals surface area contributed by atoms with Crippen LogP contribution in [0.3, 0.4) is 0 Å². The first-order valence-electron chi connectivity index (χ1n) is 6.24. The van der Waals surface area contributed by atoms with E-state index >= 15 is 0 Å². The van der Waals surface area contributed by atoms with Crippen molar-refractivity contribution >= 4 is 21.6 Å². The van der Waals surface area contributed by atoms with Crippen molar-refractivity contribution in [3.05, 3.63) is 45.4 Å². The predicted octanol–water partition coefficient (Wildman–Crippen LogP) is 4.03. The van der Waals surface area contributed by atoms with Crippen LogP contribution in [0.5, 0.6) is 0 Å². The summed E-state index contributed by atoms with van der Waals surface area (Å²) in [6.45, 7) is 7.45. The van der Waals surface area contributed by atoms with Gasteiger partial charge in [-0.15, -0.1) is 0 Å². The number of benzene rings is 1. The molecule has 0 saturated carbocycles. The van der Waals surface area contributed by atoms with Crippen LogP contribution < -0.4 is 5.32 Å². The lowest BCUT2D eigenvalue weighted by molar-refractivity contribution is 0.618. The Kier molecular flexibility index (Phi) is 4.24. The molecular formula is C14H17BrFN3. The second-order valence-corrected chi connectivity index (χ2v) is 5.38. The van der Waals surface area contributed by atoms with Gasteiger partial charge in [0.15, 0.2) is 0 Å². The van der Waals surface area contributed by atoms with Gasteiger partial charge in [-0.2, -0.15) is 5.10 Å². The molecule has 0 bridgehead atoms. The van der Waals surface area contributed by atoms with Gasteiger partial charge in [-0.05, 0) is 60.5 Å². The normalized spacial score (nSPS) is 10.8. The van der Waals surface area contributed by atoms with Crippen molar-refractivity contribution in [2.45, 2.75) is 33.9 Å². The largest absolute Gasteiger partial charge is 0.379 e. The summed E-state index contributed by atoms with van der Waals surface area (Å²) in [6, 6.07) is 5.33. The van der Waals surface area contributed by atoms with Gasteiger partial charge in [-0.3, -0.25) is 4.68 Å². The third-order valence-corrected chi connectivity index (χ3v) is 3.62. The zero-order valence-corrected chi connectivity index (χ0v) is 12.9. The van der Waals surface area contributed by atoms with Crippen molar-refractivity contribution in [1.82, 2.24) is 9.78 Å². The number of rotatable bonds is 4. The standard InChI is InChI=1S/C14H17BrFN3/c1-4-19-11(6-10(3)18-19)8-17-14-7-13(16)12(15)5-9(14)2/h5-7,17H,4,8H2,1-3H3. The maximum Gasteiger partial charge on any atom is 0.139 e. The van der Waals surface area contributed by atoms with Crippen molar-refractivity contribution in [1.29, 1.82) is 0 Å². The topological polar surface area (TPSA) is 29.9 Å². The highest BCUT2D eigenvalue weighted by molar-refractivity contribution is 9.10. The number of halogens is 2. The number of anilines is 1. The molecule has 5 heteroatoms. The molecule has 1 aromatic heterocycles. The van der Waals surface area contributed by atoms with Crippen LogP contribution in [-0.2, 0) is 13.1 Å². The predicted molar refractivity (Wildman–Crippen MR) is 78.8 cm³/mol. The molecule has 19 heavy (non-hydrogen) atoms. The minimum Gasteiger partial charge on any atom is -0.379 e. The number of hydrogen-bond donors (Lipinski definition) is 1. The van der Waals surface area contributed by atoms with Crippen LogP contribution in [0.2, 0.25) is 0 Å². The summed E-state index contributed by atoms with van der Waals surface area (Å²) in [4.78, 5) is 0. The Bertz CT molecular complexity index is 593. The minimum atomic E-state index is -0.256. The fourth-order valence-corrected chi connectivity index (χ4v) is 2.50. The maximum atomic E-state index is 13.5. The smallest absolute Gasteiger partial charge is 0.139 e. The quantitative estimate of drug-likeness (QED) is 0.919. The molecular weight excluding hydrogens is 309 g/mol. The Balaban J connectivity index is 2.16. The third kappa shape index (κ3) is 3.15. The van der Waals surface area contributed by atoms with E-state index in [-0.39, 0.29) is 5.82 Å². The van der Waals surface area contributed by atoms with E-state index < -0.39 is 0 Å². The number of aromatic nitrogens is 2. The van der Waals surface area contributed by atoms with E-state index in [2.05, 4.69) is 33.3 Å². The molecule has 0 unspecified atom stereocenters. The van der Waals surface area contributed by atoms with Crippen molar-refractivity contribution in [3.63, 3.8) is 0 Å². The zero-order chi connectivity index (χ0) is 14.0. The summed E-state index contributed by atoms with van der Waals surface area (Å²) in [5.41, 5.74) is 3.91. The van der Waals surface area contributed by atoms with E-state index in [4.69, 9.17) is 0 Å². The van der Waals surface area contributed by atoms with Crippen LogP contribution in [-0.4, -0.2) is 9.78 Å². The summed E-state index contributed by atoms with van der Waals surface area (Å²) in [5.74, 6) is -0.256. The van der Waals surface area contributed by atoms with Gasteiger partial charge in [-0.1, -0.05) is 0 Å². The Morgan fingerprint density at radius 3 is 2.74 bits per heavy atom. The van der Waals surface area contributed by atoms with Gasteiger partial charge in [0.25, 0.3) is 0 Å². The van der Waals surface area contributed by atoms with E-state index in [1.165, 1.54) is 6.07 Å². The van der Waals surface area contributed by atoms with Gasteiger partial charge in [0.1, 0.15) is 5.82 Å². The highest BCUT2D eigenvalue weighted by Gasteiger charge is 2.07. The van der Waals surface area contributed by atoms with Gasteiger partial charge in [0.2, 0.25) is 0 Å². The lowest BCUT2D eigenvalue weighted by atomic mass is 10.2. The van der Waals surface area contributed by atoms with Gasteiger partial charge >= 0.3 is 0 Å². The van der Waals surface area contributed by atoms with Crippen LogP contribution in [0.4, 0.5) is 10.1 Å². The second kappa shape index (κ2) is 5.74. The highest BCUT2D eigenvalue weighted by atomic mass is 79.9. The Morgan fingerprint density at radius 1 is 1.32 bits per heavy atom. The highest BCUT2D eigenvalue weighted by Crippen LogP contribution is 2.24. The molecule has 2 rings (SSSR count). The second-order valence-electron chi connectivity index (χ2n) is 4.53. The Labute approximate surface area is 121 Å². The Hall–Kier alpha value is -1.36. The lowest BCUT2D eigenvalue weighted by Crippen LogP contribution is -2.08. The van der Waals surface area contributed by atoms with Crippen molar-refractivity contribution < 1.29 is 4.39 Å². The van der Waals surface area contributed by atoms with Crippen LogP contribution in [0.15, 0.2) is 22.7 Å². The van der Waals surface area contributed by atoms with E-state index in [1.54, 1.807) is 6.07 Å². The molecule has 102 valence electrons. The molecule has 0 amide bonds. The monoisotopic (exact) mass is 325 g/mol. The molecule has 0 aliphatic heterocycles. The maximum absolute atomic E-state index is 13.5. The summed E-state index contributed by atoms with van der Waals surface area (Å²) >= 11 is 3.19. The average molecular weight is 326 g/mol. The number of aryl methyl sites for hydroxylation is 3. The van der Waals surface area contributed by atoms with Gasteiger partial charge in [-0.25, -0.2) is 4.39 Å². The van der Waals surface area contributed by atoms with Crippen LogP contribution in [0, 0.1) is 19.7 Å². The molecule has 1 heterocycles. The molecule has 0 atom stereocenters. The molecule has 0 radical (unpaired) electrons. The first-order chi connectivity index (χ1) is 9.01. The van der Waals surface area contributed by atoms with Gasteiger partial charge in [0.05, 0.1) is 22.4 Å². The first kappa shape index (κ1) is 14.1. The molecule has 1 N–H and O–H groups in total. The average Bonchev–Trinajstić information content (AvgIpc) is 2.72. The van der Waals surface area contributed by atoms with Gasteiger partial charge < -0.3 is 5.32 Å². The SMILES string of the molecule is CCn1nc(C)cc1CNc1cc(F)c(Br)cc1C. The van der Waals surface area contributed by atoms with Crippen molar-refractivity contribution in [2.24, 2.45) is 0 Å². The number of hydrogen-bond acceptors (Lipinski definition) is 2. The fourth-order valence-electron chi connectivity index (χ4n) is 2.04. The molecule has 0 aliphatic carbocycles. The molecule has 3 nitrogen and oxygen atoms in total. The first-order valence-corrected chi connectivity index (χ1v) is 7.03. The molecule has 0 spiro atoms. The summed E-state index contributed by atoms with van der Waals surface area (Å²) < 4.78 is 16.0. The molecule has 0 saturated heterocycles. The van der Waals surface area contributed by atoms with E-state index in [1.807, 2.05) is 24.6 Å². The van der Waals surface area contributed by atoms with Crippen LogP contribution in [0.25, 0.3) is 0 Å². The Morgan fingerprint density at radius 2 is 2.05 bits per heavy atom. The van der Waals surface area contributed by atoms with Crippen LogP contribution >= 0.6 is 15.9 Å². The van der Waals surface area contributed by atoms with Gasteiger partial charge in [0, 0.05) is 12.2 Å². The van der Waals surface area contributed by atoms with E-state index in [9.17, 15) is 4.39 Å².